The fraction of sp³-hybridized carbons (Fsp3) is 0. The quantitative estimate of drug-likeness (QED) is 0.420. The summed E-state index contributed by atoms with van der Waals surface area (Å²) in [7, 11) is 0. The molecule has 2 aromatic rings. The lowest BCUT2D eigenvalue weighted by Crippen LogP contribution is -2.38. The van der Waals surface area contributed by atoms with E-state index >= 15 is 0 Å². The zero-order valence-electron chi connectivity index (χ0n) is 7.57. The molecular formula is C8H7N5O2. The monoisotopic (exact) mass is 205 g/mol. The first kappa shape index (κ1) is 9.28. The first-order valence-corrected chi connectivity index (χ1v) is 4.06. The number of hydrogen-bond acceptors (Lipinski definition) is 6. The Balaban J connectivity index is 2.23. The number of carbonyl (C=O) groups is 1. The highest BCUT2D eigenvalue weighted by Gasteiger charge is 2.17. The Bertz CT molecular complexity index is 441. The predicted molar refractivity (Wildman–Crippen MR) is 49.5 cm³/mol. The second-order valence-corrected chi connectivity index (χ2v) is 2.63. The molecule has 7 heteroatoms. The van der Waals surface area contributed by atoms with Gasteiger partial charge in [-0.15, -0.1) is 10.2 Å². The maximum absolute atomic E-state index is 11.6. The van der Waals surface area contributed by atoms with Crippen molar-refractivity contribution in [2.45, 2.75) is 0 Å². The summed E-state index contributed by atoms with van der Waals surface area (Å²) in [6.07, 6.45) is 2.77. The minimum Gasteiger partial charge on any atom is -0.459 e. The number of rotatable bonds is 2. The van der Waals surface area contributed by atoms with Gasteiger partial charge >= 0.3 is 5.91 Å². The van der Waals surface area contributed by atoms with E-state index in [1.54, 1.807) is 6.07 Å². The van der Waals surface area contributed by atoms with Crippen LogP contribution < -0.4 is 10.9 Å². The average molecular weight is 205 g/mol. The first-order valence-electron chi connectivity index (χ1n) is 4.06. The number of carbonyl (C=O) groups excluding carboxylic acids is 1. The van der Waals surface area contributed by atoms with E-state index < -0.39 is 5.91 Å². The van der Waals surface area contributed by atoms with Gasteiger partial charge in [0, 0.05) is 6.07 Å². The van der Waals surface area contributed by atoms with Gasteiger partial charge in [0.15, 0.2) is 11.6 Å². The summed E-state index contributed by atoms with van der Waals surface area (Å²) >= 11 is 0. The van der Waals surface area contributed by atoms with Gasteiger partial charge in [-0.2, -0.15) is 0 Å². The van der Waals surface area contributed by atoms with E-state index in [1.807, 2.05) is 0 Å². The summed E-state index contributed by atoms with van der Waals surface area (Å²) in [4.78, 5) is 11.6. The molecule has 0 aliphatic carbocycles. The minimum atomic E-state index is -0.500. The van der Waals surface area contributed by atoms with Gasteiger partial charge in [-0.1, -0.05) is 0 Å². The summed E-state index contributed by atoms with van der Waals surface area (Å²) in [5, 5.41) is 11.3. The number of furan rings is 1. The van der Waals surface area contributed by atoms with Crippen molar-refractivity contribution in [2.24, 2.45) is 5.84 Å². The van der Waals surface area contributed by atoms with E-state index in [0.717, 1.165) is 5.01 Å². The Kier molecular flexibility index (Phi) is 2.38. The lowest BCUT2D eigenvalue weighted by molar-refractivity contribution is 0.0959. The highest BCUT2D eigenvalue weighted by Crippen LogP contribution is 2.08. The molecule has 1 amide bonds. The van der Waals surface area contributed by atoms with Crippen molar-refractivity contribution in [3.63, 3.8) is 0 Å². The van der Waals surface area contributed by atoms with Crippen molar-refractivity contribution in [3.8, 4) is 0 Å². The maximum Gasteiger partial charge on any atom is 0.309 e. The van der Waals surface area contributed by atoms with Crippen LogP contribution in [0.3, 0.4) is 0 Å². The predicted octanol–water partition coefficient (Wildman–Crippen LogP) is -0.0149. The number of hydrazine groups is 1. The molecule has 2 N–H and O–H groups in total. The van der Waals surface area contributed by atoms with Gasteiger partial charge in [-0.3, -0.25) is 4.79 Å². The molecule has 0 radical (unpaired) electrons. The lowest BCUT2D eigenvalue weighted by atomic mass is 10.4. The smallest absolute Gasteiger partial charge is 0.309 e. The third-order valence-electron chi connectivity index (χ3n) is 1.69. The Morgan fingerprint density at radius 2 is 2.33 bits per heavy atom. The van der Waals surface area contributed by atoms with Crippen LogP contribution >= 0.6 is 0 Å². The summed E-state index contributed by atoms with van der Waals surface area (Å²) in [6, 6.07) is 4.57. The number of amides is 1. The standard InChI is InChI=1S/C8H7N5O2/c9-13(7-3-4-10-12-11-7)8(14)6-2-1-5-15-6/h1-5H,9H2. The average Bonchev–Trinajstić information content (AvgIpc) is 2.82. The highest BCUT2D eigenvalue weighted by atomic mass is 16.3. The van der Waals surface area contributed by atoms with Crippen LogP contribution in [0.15, 0.2) is 35.1 Å². The zero-order chi connectivity index (χ0) is 10.7. The van der Waals surface area contributed by atoms with Crippen LogP contribution in [0.5, 0.6) is 0 Å². The van der Waals surface area contributed by atoms with Crippen LogP contribution in [0.4, 0.5) is 5.82 Å². The van der Waals surface area contributed by atoms with E-state index in [2.05, 4.69) is 15.4 Å². The molecule has 0 aromatic carbocycles. The van der Waals surface area contributed by atoms with Crippen LogP contribution in [-0.2, 0) is 0 Å². The van der Waals surface area contributed by atoms with Crippen molar-refractivity contribution in [3.05, 3.63) is 36.4 Å². The number of nitrogens with zero attached hydrogens (tertiary/aromatic N) is 4. The number of anilines is 1. The zero-order valence-corrected chi connectivity index (χ0v) is 7.57. The third-order valence-corrected chi connectivity index (χ3v) is 1.69. The van der Waals surface area contributed by atoms with E-state index in [4.69, 9.17) is 10.3 Å². The summed E-state index contributed by atoms with van der Waals surface area (Å²) in [5.74, 6) is 5.36. The van der Waals surface area contributed by atoms with Crippen LogP contribution in [0.1, 0.15) is 10.6 Å². The van der Waals surface area contributed by atoms with E-state index in [9.17, 15) is 4.79 Å². The van der Waals surface area contributed by atoms with Gasteiger partial charge in [-0.05, 0) is 17.3 Å². The van der Waals surface area contributed by atoms with E-state index in [1.165, 1.54) is 24.6 Å². The summed E-state index contributed by atoms with van der Waals surface area (Å²) < 4.78 is 4.90. The van der Waals surface area contributed by atoms with Crippen LogP contribution in [0, 0.1) is 0 Å². The second kappa shape index (κ2) is 3.84. The van der Waals surface area contributed by atoms with Crippen molar-refractivity contribution < 1.29 is 9.21 Å². The number of hydrogen-bond donors (Lipinski definition) is 1. The molecule has 2 heterocycles. The van der Waals surface area contributed by atoms with Crippen molar-refractivity contribution in [1.82, 2.24) is 15.4 Å². The van der Waals surface area contributed by atoms with E-state index in [-0.39, 0.29) is 11.6 Å². The summed E-state index contributed by atoms with van der Waals surface area (Å²) in [5.41, 5.74) is 0. The third kappa shape index (κ3) is 1.81. The molecule has 0 unspecified atom stereocenters. The molecule has 0 spiro atoms. The van der Waals surface area contributed by atoms with Crippen LogP contribution in [0.25, 0.3) is 0 Å². The molecule has 76 valence electrons. The van der Waals surface area contributed by atoms with Gasteiger partial charge in [0.1, 0.15) is 0 Å². The Labute approximate surface area is 84.5 Å². The maximum atomic E-state index is 11.6. The molecule has 0 atom stereocenters. The number of aromatic nitrogens is 3. The fourth-order valence-corrected chi connectivity index (χ4v) is 0.986. The van der Waals surface area contributed by atoms with Gasteiger partial charge in [0.2, 0.25) is 0 Å². The molecule has 0 aliphatic rings. The van der Waals surface area contributed by atoms with Gasteiger partial charge in [-0.25, -0.2) is 10.9 Å². The molecule has 15 heavy (non-hydrogen) atoms. The molecule has 0 fully saturated rings. The molecule has 0 bridgehead atoms. The van der Waals surface area contributed by atoms with Crippen molar-refractivity contribution in [2.75, 3.05) is 5.01 Å². The minimum absolute atomic E-state index is 0.135. The lowest BCUT2D eigenvalue weighted by Gasteiger charge is -2.11. The largest absolute Gasteiger partial charge is 0.459 e. The van der Waals surface area contributed by atoms with Crippen molar-refractivity contribution >= 4 is 11.7 Å². The molecule has 0 saturated heterocycles. The molecule has 2 rings (SSSR count). The van der Waals surface area contributed by atoms with Gasteiger partial charge in [0.05, 0.1) is 12.5 Å². The first-order chi connectivity index (χ1) is 7.29. The SMILES string of the molecule is NN(C(=O)c1ccco1)c1ccnnn1. The second-order valence-electron chi connectivity index (χ2n) is 2.63. The molecule has 0 aliphatic heterocycles. The topological polar surface area (TPSA) is 98.1 Å². The Morgan fingerprint density at radius 3 is 2.93 bits per heavy atom. The van der Waals surface area contributed by atoms with Crippen LogP contribution in [-0.4, -0.2) is 21.3 Å². The highest BCUT2D eigenvalue weighted by molar-refractivity contribution is 6.02. The molecular weight excluding hydrogens is 198 g/mol. The van der Waals surface area contributed by atoms with Crippen LogP contribution in [0.2, 0.25) is 0 Å². The molecule has 2 aromatic heterocycles. The Hall–Kier alpha value is -2.28. The van der Waals surface area contributed by atoms with E-state index in [0.29, 0.717) is 0 Å². The van der Waals surface area contributed by atoms with Gasteiger partial charge in [0.25, 0.3) is 0 Å². The van der Waals surface area contributed by atoms with Crippen molar-refractivity contribution in [1.29, 1.82) is 0 Å². The summed E-state index contributed by atoms with van der Waals surface area (Å²) in [6.45, 7) is 0. The number of nitrogens with two attached hydrogens (primary N) is 1. The Morgan fingerprint density at radius 1 is 1.47 bits per heavy atom. The normalized spacial score (nSPS) is 9.93. The fourth-order valence-electron chi connectivity index (χ4n) is 0.986. The molecule has 7 nitrogen and oxygen atoms in total. The van der Waals surface area contributed by atoms with Gasteiger partial charge < -0.3 is 4.42 Å². The molecule has 0 saturated carbocycles.